The molecule has 0 saturated heterocycles. The smallest absolute Gasteiger partial charge is 0.218 e. The Morgan fingerprint density at radius 2 is 1.38 bits per heavy atom. The number of carbonyl (C=O) groups excluding carboxylic acids is 2. The minimum absolute atomic E-state index is 0.0171. The van der Waals surface area contributed by atoms with Gasteiger partial charge in [0.05, 0.1) is 0 Å². The molecule has 0 N–H and O–H groups in total. The second-order valence-electron chi connectivity index (χ2n) is 2.02. The van der Waals surface area contributed by atoms with Crippen molar-refractivity contribution in [3.63, 3.8) is 0 Å². The molecule has 0 aliphatic carbocycles. The van der Waals surface area contributed by atoms with E-state index in [2.05, 4.69) is 20.1 Å². The Balaban J connectivity index is 3.68. The highest BCUT2D eigenvalue weighted by molar-refractivity contribution is 5.79. The van der Waals surface area contributed by atoms with Gasteiger partial charge in [-0.15, -0.1) is 0 Å². The summed E-state index contributed by atoms with van der Waals surface area (Å²) in [6.45, 7) is 0. The van der Waals surface area contributed by atoms with Gasteiger partial charge in [0.15, 0.2) is 0 Å². The van der Waals surface area contributed by atoms with Crippen molar-refractivity contribution < 1.29 is 9.59 Å². The van der Waals surface area contributed by atoms with Gasteiger partial charge in [0, 0.05) is 22.7 Å². The topological polar surface area (TPSA) is 132 Å². The van der Waals surface area contributed by atoms with Crippen LogP contribution < -0.4 is 0 Å². The third-order valence-corrected chi connectivity index (χ3v) is 1.09. The van der Waals surface area contributed by atoms with Crippen LogP contribution in [0.2, 0.25) is 0 Å². The lowest BCUT2D eigenvalue weighted by atomic mass is 10.2. The minimum Gasteiger partial charge on any atom is -0.293 e. The van der Waals surface area contributed by atoms with E-state index in [1.54, 1.807) is 0 Å². The number of carbonyl (C=O) groups is 2. The highest BCUT2D eigenvalue weighted by Crippen LogP contribution is 1.99. The molecule has 0 rings (SSSR count). The maximum Gasteiger partial charge on any atom is 0.218 e. The molecule has 8 nitrogen and oxygen atoms in total. The van der Waals surface area contributed by atoms with E-state index in [9.17, 15) is 9.59 Å². The Bertz CT molecular complexity index is 268. The lowest BCUT2D eigenvalue weighted by Gasteiger charge is -1.90. The van der Waals surface area contributed by atoms with Gasteiger partial charge >= 0.3 is 0 Å². The lowest BCUT2D eigenvalue weighted by Crippen LogP contribution is -1.95. The molecular weight excluding hydrogens is 176 g/mol. The summed E-state index contributed by atoms with van der Waals surface area (Å²) < 4.78 is 0. The van der Waals surface area contributed by atoms with Gasteiger partial charge in [-0.3, -0.25) is 9.59 Å². The predicted molar refractivity (Wildman–Crippen MR) is 42.2 cm³/mol. The molecule has 0 unspecified atom stereocenters. The van der Waals surface area contributed by atoms with Gasteiger partial charge in [-0.2, -0.15) is 0 Å². The average molecular weight is 182 g/mol. The van der Waals surface area contributed by atoms with Gasteiger partial charge < -0.3 is 0 Å². The zero-order valence-corrected chi connectivity index (χ0v) is 6.62. The quantitative estimate of drug-likeness (QED) is 0.372. The maximum absolute atomic E-state index is 10.5. The molecule has 68 valence electrons. The fourth-order valence-electron chi connectivity index (χ4n) is 0.591. The Kier molecular flexibility index (Phi) is 5.61. The summed E-state index contributed by atoms with van der Waals surface area (Å²) in [6.07, 6.45) is 0.184. The van der Waals surface area contributed by atoms with Gasteiger partial charge in [0.1, 0.15) is 0 Å². The van der Waals surface area contributed by atoms with E-state index in [1.165, 1.54) is 0 Å². The molecule has 0 bridgehead atoms. The van der Waals surface area contributed by atoms with Crippen LogP contribution in [0.25, 0.3) is 20.9 Å². The number of nitrogens with zero attached hydrogens (tertiary/aromatic N) is 6. The fourth-order valence-corrected chi connectivity index (χ4v) is 0.591. The average Bonchev–Trinajstić information content (AvgIpc) is 2.05. The first kappa shape index (κ1) is 11.0. The molecule has 0 heterocycles. The molecule has 8 heteroatoms. The zero-order valence-electron chi connectivity index (χ0n) is 6.62. The van der Waals surface area contributed by atoms with E-state index in [1.807, 2.05) is 0 Å². The lowest BCUT2D eigenvalue weighted by molar-refractivity contribution is -0.119. The molecule has 2 amide bonds. The SMILES string of the molecule is [N-]=[N+]=NC(=O)CCCC(=O)N=[N+]=[N-]. The molecule has 0 aliphatic heterocycles. The molecule has 0 radical (unpaired) electrons. The van der Waals surface area contributed by atoms with Crippen LogP contribution >= 0.6 is 0 Å². The van der Waals surface area contributed by atoms with Crippen LogP contribution in [0, 0.1) is 0 Å². The van der Waals surface area contributed by atoms with Gasteiger partial charge in [-0.1, -0.05) is 0 Å². The van der Waals surface area contributed by atoms with Crippen LogP contribution in [0.3, 0.4) is 0 Å². The first-order valence-electron chi connectivity index (χ1n) is 3.36. The van der Waals surface area contributed by atoms with Crippen LogP contribution in [0.1, 0.15) is 19.3 Å². The van der Waals surface area contributed by atoms with Gasteiger partial charge in [0.2, 0.25) is 11.8 Å². The number of amides is 2. The summed E-state index contributed by atoms with van der Waals surface area (Å²) in [6, 6.07) is 0. The normalized spacial score (nSPS) is 8.00. The Labute approximate surface area is 72.8 Å². The van der Waals surface area contributed by atoms with Crippen molar-refractivity contribution in [1.29, 1.82) is 0 Å². The standard InChI is InChI=1S/C5H6N6O2/c6-10-8-4(12)2-1-3-5(13)9-11-7/h1-3H2. The van der Waals surface area contributed by atoms with Crippen LogP contribution in [0.15, 0.2) is 10.2 Å². The van der Waals surface area contributed by atoms with Crippen molar-refractivity contribution in [3.05, 3.63) is 20.9 Å². The van der Waals surface area contributed by atoms with E-state index >= 15 is 0 Å². The molecule has 0 aromatic rings. The first-order valence-corrected chi connectivity index (χ1v) is 3.36. The van der Waals surface area contributed by atoms with E-state index in [0.29, 0.717) is 0 Å². The highest BCUT2D eigenvalue weighted by atomic mass is 16.2. The van der Waals surface area contributed by atoms with Gasteiger partial charge in [0.25, 0.3) is 0 Å². The van der Waals surface area contributed by atoms with Crippen molar-refractivity contribution in [2.45, 2.75) is 19.3 Å². The summed E-state index contributed by atoms with van der Waals surface area (Å²) >= 11 is 0. The van der Waals surface area contributed by atoms with Crippen molar-refractivity contribution in [3.8, 4) is 0 Å². The van der Waals surface area contributed by atoms with Crippen molar-refractivity contribution in [1.82, 2.24) is 0 Å². The van der Waals surface area contributed by atoms with Crippen molar-refractivity contribution in [2.75, 3.05) is 0 Å². The Hall–Kier alpha value is -2.04. The summed E-state index contributed by atoms with van der Waals surface area (Å²) in [5.41, 5.74) is 15.7. The number of azide groups is 2. The minimum atomic E-state index is -0.628. The Morgan fingerprint density at radius 1 is 1.00 bits per heavy atom. The summed E-state index contributed by atoms with van der Waals surface area (Å²) in [5, 5.41) is 5.59. The molecule has 0 spiro atoms. The first-order chi connectivity index (χ1) is 6.20. The number of hydrogen-bond donors (Lipinski definition) is 0. The fraction of sp³-hybridized carbons (Fsp3) is 0.600. The monoisotopic (exact) mass is 182 g/mol. The van der Waals surface area contributed by atoms with Crippen LogP contribution in [0.5, 0.6) is 0 Å². The number of rotatable bonds is 4. The van der Waals surface area contributed by atoms with Crippen LogP contribution in [0.4, 0.5) is 0 Å². The molecule has 0 saturated carbocycles. The van der Waals surface area contributed by atoms with Crippen LogP contribution in [-0.2, 0) is 9.59 Å². The molecule has 0 aromatic heterocycles. The maximum atomic E-state index is 10.5. The van der Waals surface area contributed by atoms with Gasteiger partial charge in [-0.05, 0) is 27.7 Å². The highest BCUT2D eigenvalue weighted by Gasteiger charge is 2.01. The molecule has 0 aliphatic rings. The predicted octanol–water partition coefficient (Wildman–Crippen LogP) is 1.83. The van der Waals surface area contributed by atoms with Crippen molar-refractivity contribution >= 4 is 11.8 Å². The second kappa shape index (κ2) is 6.66. The molecular formula is C5H6N6O2. The van der Waals surface area contributed by atoms with E-state index < -0.39 is 11.8 Å². The van der Waals surface area contributed by atoms with Crippen LogP contribution in [-0.4, -0.2) is 11.8 Å². The Morgan fingerprint density at radius 3 is 1.69 bits per heavy atom. The van der Waals surface area contributed by atoms with E-state index in [4.69, 9.17) is 11.1 Å². The number of hydrogen-bond acceptors (Lipinski definition) is 2. The summed E-state index contributed by atoms with van der Waals surface area (Å²) in [5.74, 6) is -1.26. The van der Waals surface area contributed by atoms with Gasteiger partial charge in [-0.25, -0.2) is 0 Å². The second-order valence-corrected chi connectivity index (χ2v) is 2.02. The molecule has 13 heavy (non-hydrogen) atoms. The largest absolute Gasteiger partial charge is 0.293 e. The van der Waals surface area contributed by atoms with Crippen molar-refractivity contribution in [2.24, 2.45) is 10.2 Å². The third-order valence-electron chi connectivity index (χ3n) is 1.09. The summed E-state index contributed by atoms with van der Waals surface area (Å²) in [4.78, 5) is 25.7. The molecule has 0 aromatic carbocycles. The molecule has 0 fully saturated rings. The third kappa shape index (κ3) is 6.36. The van der Waals surface area contributed by atoms with E-state index in [0.717, 1.165) is 0 Å². The zero-order chi connectivity index (χ0) is 10.1. The molecule has 0 atom stereocenters. The summed E-state index contributed by atoms with van der Waals surface area (Å²) in [7, 11) is 0. The van der Waals surface area contributed by atoms with E-state index in [-0.39, 0.29) is 19.3 Å².